The van der Waals surface area contributed by atoms with E-state index in [4.69, 9.17) is 15.8 Å². The van der Waals surface area contributed by atoms with Crippen LogP contribution in [0.15, 0.2) is 12.3 Å². The fourth-order valence-corrected chi connectivity index (χ4v) is 1.33. The zero-order chi connectivity index (χ0) is 12.2. The summed E-state index contributed by atoms with van der Waals surface area (Å²) < 4.78 is 44.7. The van der Waals surface area contributed by atoms with Gasteiger partial charge in [-0.05, 0) is 18.1 Å². The van der Waals surface area contributed by atoms with E-state index in [0.29, 0.717) is 0 Å². The van der Waals surface area contributed by atoms with Gasteiger partial charge in [-0.1, -0.05) is 11.6 Å². The summed E-state index contributed by atoms with van der Waals surface area (Å²) in [7, 11) is 0. The standard InChI is InChI=1S/C8H7ClF3NO2S/c1-16-14-4-5-2-7(9)13-3-6(5)15-8(10,11)12/h2-3H,4H2,1H3. The normalized spacial score (nSPS) is 11.6. The van der Waals surface area contributed by atoms with Crippen LogP contribution in [0.3, 0.4) is 0 Å². The SMILES string of the molecule is CSOCc1cc(Cl)ncc1OC(F)(F)F. The topological polar surface area (TPSA) is 31.4 Å². The maximum atomic E-state index is 12.0. The van der Waals surface area contributed by atoms with Gasteiger partial charge in [0.1, 0.15) is 5.15 Å². The Hall–Kier alpha value is -0.660. The molecule has 1 rings (SSSR count). The van der Waals surface area contributed by atoms with Crippen molar-refractivity contribution in [1.82, 2.24) is 4.98 Å². The molecule has 0 saturated carbocycles. The number of rotatable bonds is 4. The van der Waals surface area contributed by atoms with Gasteiger partial charge < -0.3 is 8.92 Å². The minimum Gasteiger partial charge on any atom is -0.404 e. The molecular weight excluding hydrogens is 267 g/mol. The van der Waals surface area contributed by atoms with Crippen LogP contribution < -0.4 is 4.74 Å². The van der Waals surface area contributed by atoms with Gasteiger partial charge in [-0.15, -0.1) is 13.2 Å². The van der Waals surface area contributed by atoms with Crippen molar-refractivity contribution in [2.45, 2.75) is 13.0 Å². The average Bonchev–Trinajstić information content (AvgIpc) is 2.16. The highest BCUT2D eigenvalue weighted by Crippen LogP contribution is 2.28. The van der Waals surface area contributed by atoms with E-state index in [1.54, 1.807) is 6.26 Å². The highest BCUT2D eigenvalue weighted by molar-refractivity contribution is 7.93. The first kappa shape index (κ1) is 13.4. The Balaban J connectivity index is 2.89. The first-order chi connectivity index (χ1) is 7.42. The molecule has 0 radical (unpaired) electrons. The number of alkyl halides is 3. The first-order valence-electron chi connectivity index (χ1n) is 3.98. The fourth-order valence-electron chi connectivity index (χ4n) is 0.907. The van der Waals surface area contributed by atoms with Gasteiger partial charge in [-0.25, -0.2) is 4.98 Å². The minimum atomic E-state index is -4.76. The second-order valence-corrected chi connectivity index (χ2v) is 3.55. The van der Waals surface area contributed by atoms with Crippen LogP contribution in [-0.4, -0.2) is 17.6 Å². The van der Waals surface area contributed by atoms with Gasteiger partial charge >= 0.3 is 6.36 Å². The molecule has 0 aliphatic heterocycles. The molecule has 1 heterocycles. The quantitative estimate of drug-likeness (QED) is 0.621. The molecule has 8 heteroatoms. The summed E-state index contributed by atoms with van der Waals surface area (Å²) in [4.78, 5) is 3.51. The second-order valence-electron chi connectivity index (χ2n) is 2.59. The first-order valence-corrected chi connectivity index (χ1v) is 5.51. The summed E-state index contributed by atoms with van der Waals surface area (Å²) in [5, 5.41) is 0.0780. The molecule has 0 spiro atoms. The van der Waals surface area contributed by atoms with E-state index < -0.39 is 12.1 Å². The Morgan fingerprint density at radius 1 is 1.50 bits per heavy atom. The van der Waals surface area contributed by atoms with Crippen molar-refractivity contribution in [1.29, 1.82) is 0 Å². The minimum absolute atomic E-state index is 0.0468. The molecule has 16 heavy (non-hydrogen) atoms. The van der Waals surface area contributed by atoms with Gasteiger partial charge in [-0.2, -0.15) is 0 Å². The Morgan fingerprint density at radius 3 is 2.75 bits per heavy atom. The summed E-state index contributed by atoms with van der Waals surface area (Å²) in [6, 6.07) is 1.26. The molecule has 0 amide bonds. The van der Waals surface area contributed by atoms with E-state index in [1.165, 1.54) is 6.07 Å². The van der Waals surface area contributed by atoms with E-state index in [2.05, 4.69) is 9.72 Å². The average molecular weight is 274 g/mol. The van der Waals surface area contributed by atoms with Crippen LogP contribution in [0.5, 0.6) is 5.75 Å². The van der Waals surface area contributed by atoms with Crippen molar-refractivity contribution in [2.24, 2.45) is 0 Å². The van der Waals surface area contributed by atoms with Crippen molar-refractivity contribution in [3.63, 3.8) is 0 Å². The smallest absolute Gasteiger partial charge is 0.404 e. The van der Waals surface area contributed by atoms with Crippen LogP contribution in [0.4, 0.5) is 13.2 Å². The number of ether oxygens (including phenoxy) is 1. The summed E-state index contributed by atoms with van der Waals surface area (Å²) >= 11 is 6.59. The molecule has 0 aliphatic carbocycles. The molecule has 0 atom stereocenters. The van der Waals surface area contributed by atoms with Gasteiger partial charge in [0.25, 0.3) is 0 Å². The van der Waals surface area contributed by atoms with Crippen molar-refractivity contribution < 1.29 is 22.1 Å². The fraction of sp³-hybridized carbons (Fsp3) is 0.375. The van der Waals surface area contributed by atoms with Gasteiger partial charge in [-0.3, -0.25) is 0 Å². The van der Waals surface area contributed by atoms with Gasteiger partial charge in [0.15, 0.2) is 5.75 Å². The van der Waals surface area contributed by atoms with E-state index in [9.17, 15) is 13.2 Å². The molecule has 1 aromatic rings. The van der Waals surface area contributed by atoms with Crippen LogP contribution in [-0.2, 0) is 10.8 Å². The molecule has 0 bridgehead atoms. The van der Waals surface area contributed by atoms with Gasteiger partial charge in [0.2, 0.25) is 0 Å². The molecule has 0 fully saturated rings. The third-order valence-corrected chi connectivity index (χ3v) is 2.03. The third-order valence-electron chi connectivity index (χ3n) is 1.47. The molecule has 0 unspecified atom stereocenters. The van der Waals surface area contributed by atoms with Crippen LogP contribution >= 0.6 is 23.6 Å². The molecule has 0 aromatic carbocycles. The molecule has 3 nitrogen and oxygen atoms in total. The van der Waals surface area contributed by atoms with E-state index in [1.807, 2.05) is 0 Å². The molecule has 0 saturated heterocycles. The number of pyridine rings is 1. The maximum Gasteiger partial charge on any atom is 0.573 e. The number of aromatic nitrogens is 1. The lowest BCUT2D eigenvalue weighted by Gasteiger charge is -2.12. The van der Waals surface area contributed by atoms with Crippen LogP contribution in [0.2, 0.25) is 5.15 Å². The number of halogens is 4. The Kier molecular flexibility index (Phi) is 4.69. The zero-order valence-corrected chi connectivity index (χ0v) is 9.62. The molecule has 0 aliphatic rings. The molecular formula is C8H7ClF3NO2S. The molecule has 1 aromatic heterocycles. The van der Waals surface area contributed by atoms with Crippen molar-refractivity contribution in [2.75, 3.05) is 6.26 Å². The second kappa shape index (κ2) is 5.60. The number of nitrogens with zero attached hydrogens (tertiary/aromatic N) is 1. The predicted octanol–water partition coefficient (Wildman–Crippen LogP) is 3.43. The Morgan fingerprint density at radius 2 is 2.19 bits per heavy atom. The lowest BCUT2D eigenvalue weighted by molar-refractivity contribution is -0.275. The lowest BCUT2D eigenvalue weighted by atomic mass is 10.2. The van der Waals surface area contributed by atoms with Crippen molar-refractivity contribution >= 4 is 23.6 Å². The summed E-state index contributed by atoms with van der Waals surface area (Å²) in [5.41, 5.74) is 0.187. The van der Waals surface area contributed by atoms with Crippen LogP contribution in [0.25, 0.3) is 0 Å². The largest absolute Gasteiger partial charge is 0.573 e. The van der Waals surface area contributed by atoms with Crippen molar-refractivity contribution in [3.05, 3.63) is 23.0 Å². The van der Waals surface area contributed by atoms with Crippen molar-refractivity contribution in [3.8, 4) is 5.75 Å². The van der Waals surface area contributed by atoms with E-state index in [-0.39, 0.29) is 17.3 Å². The highest BCUT2D eigenvalue weighted by atomic mass is 35.5. The summed E-state index contributed by atoms with van der Waals surface area (Å²) in [6.45, 7) is -0.0468. The summed E-state index contributed by atoms with van der Waals surface area (Å²) in [5.74, 6) is -0.411. The van der Waals surface area contributed by atoms with Crippen LogP contribution in [0, 0.1) is 0 Å². The van der Waals surface area contributed by atoms with E-state index in [0.717, 1.165) is 18.2 Å². The Bertz CT molecular complexity index is 362. The van der Waals surface area contributed by atoms with E-state index >= 15 is 0 Å². The third kappa shape index (κ3) is 4.46. The zero-order valence-electron chi connectivity index (χ0n) is 8.05. The predicted molar refractivity (Wildman–Crippen MR) is 54.2 cm³/mol. The van der Waals surface area contributed by atoms with Gasteiger partial charge in [0.05, 0.1) is 12.8 Å². The monoisotopic (exact) mass is 273 g/mol. The van der Waals surface area contributed by atoms with Gasteiger partial charge in [0, 0.05) is 11.8 Å². The summed E-state index contributed by atoms with van der Waals surface area (Å²) in [6.07, 6.45) is -2.20. The highest BCUT2D eigenvalue weighted by Gasteiger charge is 2.32. The lowest BCUT2D eigenvalue weighted by Crippen LogP contribution is -2.18. The number of hydrogen-bond donors (Lipinski definition) is 0. The molecule has 90 valence electrons. The number of hydrogen-bond acceptors (Lipinski definition) is 4. The molecule has 0 N–H and O–H groups in total. The van der Waals surface area contributed by atoms with Crippen LogP contribution in [0.1, 0.15) is 5.56 Å². The maximum absolute atomic E-state index is 12.0. The Labute approximate surface area is 99.1 Å².